The number of likely N-dealkylation sites (tertiary alicyclic amines) is 1. The van der Waals surface area contributed by atoms with Crippen molar-refractivity contribution in [1.82, 2.24) is 4.90 Å². The molecule has 1 aromatic carbocycles. The second-order valence-corrected chi connectivity index (χ2v) is 4.44. The highest BCUT2D eigenvalue weighted by Gasteiger charge is 2.20. The van der Waals surface area contributed by atoms with Crippen molar-refractivity contribution < 1.29 is 9.47 Å². The van der Waals surface area contributed by atoms with Gasteiger partial charge in [-0.3, -0.25) is 4.90 Å². The monoisotopic (exact) mass is 236 g/mol. The van der Waals surface area contributed by atoms with Gasteiger partial charge in [-0.2, -0.15) is 0 Å². The average Bonchev–Trinajstić information content (AvgIpc) is 2.74. The summed E-state index contributed by atoms with van der Waals surface area (Å²) in [5, 5.41) is 0. The van der Waals surface area contributed by atoms with Crippen LogP contribution in [0.3, 0.4) is 0 Å². The van der Waals surface area contributed by atoms with Crippen molar-refractivity contribution in [3.63, 3.8) is 0 Å². The summed E-state index contributed by atoms with van der Waals surface area (Å²) in [6.45, 7) is 2.88. The van der Waals surface area contributed by atoms with Gasteiger partial charge in [-0.15, -0.1) is 0 Å². The third-order valence-corrected chi connectivity index (χ3v) is 3.19. The van der Waals surface area contributed by atoms with Crippen LogP contribution in [0.2, 0.25) is 0 Å². The maximum atomic E-state index is 5.91. The number of hydrogen-bond acceptors (Lipinski definition) is 4. The van der Waals surface area contributed by atoms with Gasteiger partial charge < -0.3 is 15.2 Å². The molecular weight excluding hydrogens is 216 g/mol. The van der Waals surface area contributed by atoms with Crippen LogP contribution in [0.15, 0.2) is 18.2 Å². The third-order valence-electron chi connectivity index (χ3n) is 3.19. The Morgan fingerprint density at radius 1 is 1.35 bits per heavy atom. The van der Waals surface area contributed by atoms with Crippen molar-refractivity contribution in [3.05, 3.63) is 23.8 Å². The second-order valence-electron chi connectivity index (χ2n) is 4.44. The maximum Gasteiger partial charge on any atom is 0.165 e. The van der Waals surface area contributed by atoms with E-state index in [9.17, 15) is 0 Å². The smallest absolute Gasteiger partial charge is 0.165 e. The molecule has 1 saturated heterocycles. The van der Waals surface area contributed by atoms with Gasteiger partial charge in [0.2, 0.25) is 0 Å². The molecule has 94 valence electrons. The van der Waals surface area contributed by atoms with Gasteiger partial charge in [-0.05, 0) is 12.5 Å². The van der Waals surface area contributed by atoms with Gasteiger partial charge in [0.05, 0.1) is 14.2 Å². The molecule has 2 N–H and O–H groups in total. The van der Waals surface area contributed by atoms with Gasteiger partial charge in [0, 0.05) is 31.2 Å². The topological polar surface area (TPSA) is 47.7 Å². The first-order valence-electron chi connectivity index (χ1n) is 5.92. The van der Waals surface area contributed by atoms with E-state index in [1.165, 1.54) is 0 Å². The molecule has 4 heteroatoms. The number of nitrogens with zero attached hydrogens (tertiary/aromatic N) is 1. The van der Waals surface area contributed by atoms with Crippen molar-refractivity contribution in [3.8, 4) is 11.5 Å². The van der Waals surface area contributed by atoms with E-state index >= 15 is 0 Å². The average molecular weight is 236 g/mol. The fourth-order valence-electron chi connectivity index (χ4n) is 2.33. The summed E-state index contributed by atoms with van der Waals surface area (Å²) in [4.78, 5) is 2.35. The summed E-state index contributed by atoms with van der Waals surface area (Å²) < 4.78 is 10.7. The Balaban J connectivity index is 2.14. The van der Waals surface area contributed by atoms with Crippen LogP contribution >= 0.6 is 0 Å². The Kier molecular flexibility index (Phi) is 3.86. The summed E-state index contributed by atoms with van der Waals surface area (Å²) >= 11 is 0. The van der Waals surface area contributed by atoms with E-state index in [0.717, 1.165) is 43.1 Å². The molecule has 1 aliphatic heterocycles. The molecule has 0 saturated carbocycles. The zero-order chi connectivity index (χ0) is 12.3. The van der Waals surface area contributed by atoms with Gasteiger partial charge in [0.25, 0.3) is 0 Å². The van der Waals surface area contributed by atoms with E-state index in [4.69, 9.17) is 15.2 Å². The number of rotatable bonds is 4. The standard InChI is InChI=1S/C13H20N2O2/c1-16-12-5-3-4-10(13(12)17-2)8-15-7-6-11(14)9-15/h3-5,11H,6-9,14H2,1-2H3/t11-/m1/s1. The van der Waals surface area contributed by atoms with Crippen molar-refractivity contribution in [2.75, 3.05) is 27.3 Å². The zero-order valence-electron chi connectivity index (χ0n) is 10.5. The summed E-state index contributed by atoms with van der Waals surface area (Å²) in [6, 6.07) is 6.29. The normalized spacial score (nSPS) is 20.5. The van der Waals surface area contributed by atoms with Gasteiger partial charge in [0.1, 0.15) is 0 Å². The molecule has 0 radical (unpaired) electrons. The van der Waals surface area contributed by atoms with Crippen LogP contribution in [0.25, 0.3) is 0 Å². The van der Waals surface area contributed by atoms with Crippen molar-refractivity contribution in [2.24, 2.45) is 5.73 Å². The maximum absolute atomic E-state index is 5.91. The molecule has 4 nitrogen and oxygen atoms in total. The van der Waals surface area contributed by atoms with E-state index in [0.29, 0.717) is 6.04 Å². The lowest BCUT2D eigenvalue weighted by atomic mass is 10.1. The first-order valence-corrected chi connectivity index (χ1v) is 5.92. The van der Waals surface area contributed by atoms with Crippen LogP contribution in [0.4, 0.5) is 0 Å². The Labute approximate surface area is 102 Å². The highest BCUT2D eigenvalue weighted by atomic mass is 16.5. The molecule has 0 aliphatic carbocycles. The number of benzene rings is 1. The molecule has 1 aromatic rings. The van der Waals surface area contributed by atoms with E-state index < -0.39 is 0 Å². The van der Waals surface area contributed by atoms with Crippen molar-refractivity contribution in [1.29, 1.82) is 0 Å². The number of ether oxygens (including phenoxy) is 2. The Morgan fingerprint density at radius 3 is 2.76 bits per heavy atom. The Bertz CT molecular complexity index is 382. The fraction of sp³-hybridized carbons (Fsp3) is 0.538. The minimum atomic E-state index is 0.312. The highest BCUT2D eigenvalue weighted by molar-refractivity contribution is 5.46. The number of methoxy groups -OCH3 is 2. The number of hydrogen-bond donors (Lipinski definition) is 1. The molecule has 2 rings (SSSR count). The van der Waals surface area contributed by atoms with Crippen LogP contribution in [0, 0.1) is 0 Å². The van der Waals surface area contributed by atoms with E-state index in [2.05, 4.69) is 11.0 Å². The van der Waals surface area contributed by atoms with Crippen molar-refractivity contribution >= 4 is 0 Å². The predicted molar refractivity (Wildman–Crippen MR) is 67.4 cm³/mol. The van der Waals surface area contributed by atoms with Crippen LogP contribution in [-0.2, 0) is 6.54 Å². The second kappa shape index (κ2) is 5.38. The minimum absolute atomic E-state index is 0.312. The van der Waals surface area contributed by atoms with Crippen LogP contribution in [0.1, 0.15) is 12.0 Å². The first kappa shape index (κ1) is 12.2. The minimum Gasteiger partial charge on any atom is -0.493 e. The molecule has 0 aromatic heterocycles. The third kappa shape index (κ3) is 2.70. The summed E-state index contributed by atoms with van der Waals surface area (Å²) in [5.74, 6) is 1.61. The van der Waals surface area contributed by atoms with Crippen LogP contribution < -0.4 is 15.2 Å². The molecule has 1 fully saturated rings. The molecule has 1 heterocycles. The van der Waals surface area contributed by atoms with E-state index in [-0.39, 0.29) is 0 Å². The molecule has 17 heavy (non-hydrogen) atoms. The Morgan fingerprint density at radius 2 is 2.18 bits per heavy atom. The molecular formula is C13H20N2O2. The van der Waals surface area contributed by atoms with Gasteiger partial charge in [-0.1, -0.05) is 12.1 Å². The molecule has 0 amide bonds. The van der Waals surface area contributed by atoms with E-state index in [1.807, 2.05) is 12.1 Å². The molecule has 0 bridgehead atoms. The fourth-order valence-corrected chi connectivity index (χ4v) is 2.33. The summed E-state index contributed by atoms with van der Waals surface area (Å²) in [7, 11) is 3.34. The van der Waals surface area contributed by atoms with Gasteiger partial charge in [-0.25, -0.2) is 0 Å². The Hall–Kier alpha value is -1.26. The quantitative estimate of drug-likeness (QED) is 0.854. The zero-order valence-corrected chi connectivity index (χ0v) is 10.5. The molecule has 1 aliphatic rings. The van der Waals surface area contributed by atoms with Crippen molar-refractivity contribution in [2.45, 2.75) is 19.0 Å². The highest BCUT2D eigenvalue weighted by Crippen LogP contribution is 2.31. The van der Waals surface area contributed by atoms with E-state index in [1.54, 1.807) is 14.2 Å². The van der Waals surface area contributed by atoms with Crippen LogP contribution in [0.5, 0.6) is 11.5 Å². The SMILES string of the molecule is COc1cccc(CN2CC[C@@H](N)C2)c1OC. The molecule has 0 unspecified atom stereocenters. The largest absolute Gasteiger partial charge is 0.493 e. The molecule has 0 spiro atoms. The number of nitrogens with two attached hydrogens (primary N) is 1. The lowest BCUT2D eigenvalue weighted by Crippen LogP contribution is -2.26. The molecule has 1 atom stereocenters. The van der Waals surface area contributed by atoms with Gasteiger partial charge in [0.15, 0.2) is 11.5 Å². The van der Waals surface area contributed by atoms with Crippen LogP contribution in [-0.4, -0.2) is 38.3 Å². The lowest BCUT2D eigenvalue weighted by molar-refractivity contribution is 0.309. The lowest BCUT2D eigenvalue weighted by Gasteiger charge is -2.18. The first-order chi connectivity index (χ1) is 8.24. The summed E-state index contributed by atoms with van der Waals surface area (Å²) in [5.41, 5.74) is 7.06. The number of para-hydroxylation sites is 1. The van der Waals surface area contributed by atoms with Gasteiger partial charge >= 0.3 is 0 Å². The predicted octanol–water partition coefficient (Wildman–Crippen LogP) is 1.24. The summed E-state index contributed by atoms with van der Waals surface area (Å²) in [6.07, 6.45) is 1.08.